The van der Waals surface area contributed by atoms with E-state index >= 15 is 0 Å². The third kappa shape index (κ3) is 4.87. The molecule has 0 atom stereocenters. The molecule has 0 radical (unpaired) electrons. The van der Waals surface area contributed by atoms with E-state index in [0.29, 0.717) is 6.42 Å². The van der Waals surface area contributed by atoms with Crippen LogP contribution in [0, 0.1) is 13.8 Å². The van der Waals surface area contributed by atoms with E-state index in [1.165, 1.54) is 15.8 Å². The molecule has 7 heteroatoms. The molecule has 2 heterocycles. The van der Waals surface area contributed by atoms with Crippen molar-refractivity contribution in [2.75, 3.05) is 36.8 Å². The van der Waals surface area contributed by atoms with Gasteiger partial charge in [-0.15, -0.1) is 11.8 Å². The SMILES string of the molecule is Cc1cc(C)c2nc(N3CCN(C(=O)CCSc4ccc(Cl)cc4)CC3)sc2c1. The molecular formula is C22H24ClN3OS2. The molecule has 0 saturated carbocycles. The van der Waals surface area contributed by atoms with Crippen molar-refractivity contribution in [1.82, 2.24) is 9.88 Å². The van der Waals surface area contributed by atoms with Crippen LogP contribution < -0.4 is 4.90 Å². The average molecular weight is 446 g/mol. The molecule has 1 aromatic heterocycles. The number of amides is 1. The predicted octanol–water partition coefficient (Wildman–Crippen LogP) is 5.40. The number of aryl methyl sites for hydroxylation is 2. The maximum absolute atomic E-state index is 12.6. The van der Waals surface area contributed by atoms with E-state index in [0.717, 1.165) is 52.5 Å². The zero-order valence-corrected chi connectivity index (χ0v) is 19.0. The van der Waals surface area contributed by atoms with Crippen molar-refractivity contribution in [1.29, 1.82) is 0 Å². The van der Waals surface area contributed by atoms with Crippen molar-refractivity contribution < 1.29 is 4.79 Å². The Labute approximate surface area is 184 Å². The molecule has 1 aliphatic heterocycles. The van der Waals surface area contributed by atoms with E-state index < -0.39 is 0 Å². The molecule has 0 aliphatic carbocycles. The van der Waals surface area contributed by atoms with Gasteiger partial charge in [-0.05, 0) is 55.3 Å². The Bertz CT molecular complexity index is 1010. The third-order valence-corrected chi connectivity index (χ3v) is 7.45. The number of hydrogen-bond donors (Lipinski definition) is 0. The lowest BCUT2D eigenvalue weighted by molar-refractivity contribution is -0.131. The second-order valence-electron chi connectivity index (χ2n) is 7.35. The van der Waals surface area contributed by atoms with E-state index in [4.69, 9.17) is 16.6 Å². The van der Waals surface area contributed by atoms with Gasteiger partial charge in [0, 0.05) is 48.3 Å². The first-order chi connectivity index (χ1) is 14.0. The molecular weight excluding hydrogens is 422 g/mol. The molecule has 1 fully saturated rings. The summed E-state index contributed by atoms with van der Waals surface area (Å²) in [5.74, 6) is 1.03. The van der Waals surface area contributed by atoms with Gasteiger partial charge in [-0.25, -0.2) is 4.98 Å². The zero-order chi connectivity index (χ0) is 20.4. The molecule has 1 amide bonds. The second kappa shape index (κ2) is 8.94. The first kappa shape index (κ1) is 20.5. The van der Waals surface area contributed by atoms with E-state index in [9.17, 15) is 4.79 Å². The topological polar surface area (TPSA) is 36.4 Å². The summed E-state index contributed by atoms with van der Waals surface area (Å²) in [5, 5.41) is 1.81. The molecule has 152 valence electrons. The van der Waals surface area contributed by atoms with Crippen LogP contribution in [0.3, 0.4) is 0 Å². The van der Waals surface area contributed by atoms with Gasteiger partial charge >= 0.3 is 0 Å². The molecule has 1 aliphatic rings. The van der Waals surface area contributed by atoms with Crippen molar-refractivity contribution >= 4 is 56.0 Å². The number of thioether (sulfide) groups is 1. The highest BCUT2D eigenvalue weighted by Crippen LogP contribution is 2.32. The lowest BCUT2D eigenvalue weighted by Gasteiger charge is -2.34. The summed E-state index contributed by atoms with van der Waals surface area (Å²) in [6.45, 7) is 7.46. The van der Waals surface area contributed by atoms with Gasteiger partial charge in [0.1, 0.15) is 0 Å². The summed E-state index contributed by atoms with van der Waals surface area (Å²) in [4.78, 5) is 22.9. The van der Waals surface area contributed by atoms with Crippen LogP contribution >= 0.6 is 34.7 Å². The molecule has 0 unspecified atom stereocenters. The summed E-state index contributed by atoms with van der Waals surface area (Å²) in [6.07, 6.45) is 0.562. The fourth-order valence-corrected chi connectivity index (χ4v) is 5.75. The van der Waals surface area contributed by atoms with Gasteiger partial charge in [0.05, 0.1) is 10.2 Å². The number of carbonyl (C=O) groups is 1. The first-order valence-corrected chi connectivity index (χ1v) is 12.0. The maximum Gasteiger partial charge on any atom is 0.223 e. The van der Waals surface area contributed by atoms with Crippen molar-refractivity contribution in [3.63, 3.8) is 0 Å². The third-order valence-electron chi connectivity index (χ3n) is 5.12. The van der Waals surface area contributed by atoms with Crippen LogP contribution in [-0.2, 0) is 4.79 Å². The Morgan fingerprint density at radius 1 is 1.14 bits per heavy atom. The standard InChI is InChI=1S/C22H24ClN3OS2/c1-15-13-16(2)21-19(14-15)29-22(24-21)26-10-8-25(9-11-26)20(27)7-12-28-18-5-3-17(23)4-6-18/h3-6,13-14H,7-12H2,1-2H3. The lowest BCUT2D eigenvalue weighted by atomic mass is 10.1. The monoisotopic (exact) mass is 445 g/mol. The Kier molecular flexibility index (Phi) is 6.32. The predicted molar refractivity (Wildman–Crippen MR) is 125 cm³/mol. The molecule has 4 rings (SSSR count). The van der Waals surface area contributed by atoms with Gasteiger partial charge in [-0.2, -0.15) is 0 Å². The molecule has 1 saturated heterocycles. The molecule has 29 heavy (non-hydrogen) atoms. The van der Waals surface area contributed by atoms with Gasteiger partial charge in [0.2, 0.25) is 5.91 Å². The number of thiazole rings is 1. The van der Waals surface area contributed by atoms with E-state index in [2.05, 4.69) is 30.9 Å². The van der Waals surface area contributed by atoms with Crippen molar-refractivity contribution in [3.8, 4) is 0 Å². The number of aromatic nitrogens is 1. The van der Waals surface area contributed by atoms with Crippen molar-refractivity contribution in [2.45, 2.75) is 25.2 Å². The van der Waals surface area contributed by atoms with Crippen LogP contribution in [-0.4, -0.2) is 47.7 Å². The highest BCUT2D eigenvalue weighted by Gasteiger charge is 2.23. The Hall–Kier alpha value is -1.76. The van der Waals surface area contributed by atoms with Crippen molar-refractivity contribution in [2.24, 2.45) is 0 Å². The minimum Gasteiger partial charge on any atom is -0.345 e. The molecule has 3 aromatic rings. The van der Waals surface area contributed by atoms with E-state index in [-0.39, 0.29) is 5.91 Å². The number of carbonyl (C=O) groups excluding carboxylic acids is 1. The largest absolute Gasteiger partial charge is 0.345 e. The Morgan fingerprint density at radius 2 is 1.86 bits per heavy atom. The van der Waals surface area contributed by atoms with Crippen LogP contribution in [0.1, 0.15) is 17.5 Å². The van der Waals surface area contributed by atoms with Gasteiger partial charge < -0.3 is 9.80 Å². The first-order valence-electron chi connectivity index (χ1n) is 9.78. The number of piperazine rings is 1. The number of fused-ring (bicyclic) bond motifs is 1. The number of rotatable bonds is 5. The minimum atomic E-state index is 0.238. The summed E-state index contributed by atoms with van der Waals surface area (Å²) >= 11 is 9.37. The fraction of sp³-hybridized carbons (Fsp3) is 0.364. The van der Waals surface area contributed by atoms with E-state index in [1.54, 1.807) is 23.1 Å². The van der Waals surface area contributed by atoms with Gasteiger partial charge in [-0.1, -0.05) is 29.0 Å². The van der Waals surface area contributed by atoms with Crippen molar-refractivity contribution in [3.05, 3.63) is 52.5 Å². The van der Waals surface area contributed by atoms with Crippen LogP contribution in [0.2, 0.25) is 5.02 Å². The average Bonchev–Trinajstić information content (AvgIpc) is 3.14. The van der Waals surface area contributed by atoms with Crippen LogP contribution in [0.4, 0.5) is 5.13 Å². The summed E-state index contributed by atoms with van der Waals surface area (Å²) in [7, 11) is 0. The highest BCUT2D eigenvalue weighted by molar-refractivity contribution is 7.99. The van der Waals surface area contributed by atoms with Gasteiger partial charge in [0.25, 0.3) is 0 Å². The smallest absolute Gasteiger partial charge is 0.223 e. The van der Waals surface area contributed by atoms with Crippen LogP contribution in [0.15, 0.2) is 41.3 Å². The lowest BCUT2D eigenvalue weighted by Crippen LogP contribution is -2.48. The van der Waals surface area contributed by atoms with E-state index in [1.807, 2.05) is 29.2 Å². The maximum atomic E-state index is 12.6. The number of anilines is 1. The number of halogens is 1. The molecule has 0 N–H and O–H groups in total. The number of hydrogen-bond acceptors (Lipinski definition) is 5. The molecule has 4 nitrogen and oxygen atoms in total. The summed E-state index contributed by atoms with van der Waals surface area (Å²) < 4.78 is 1.25. The molecule has 2 aromatic carbocycles. The fourth-order valence-electron chi connectivity index (χ4n) is 3.59. The van der Waals surface area contributed by atoms with Gasteiger partial charge in [-0.3, -0.25) is 4.79 Å². The summed E-state index contributed by atoms with van der Waals surface area (Å²) in [5.41, 5.74) is 3.61. The van der Waals surface area contributed by atoms with Gasteiger partial charge in [0.15, 0.2) is 5.13 Å². The highest BCUT2D eigenvalue weighted by atomic mass is 35.5. The molecule has 0 bridgehead atoms. The van der Waals surface area contributed by atoms with Crippen LogP contribution in [0.5, 0.6) is 0 Å². The quantitative estimate of drug-likeness (QED) is 0.493. The number of benzene rings is 2. The Morgan fingerprint density at radius 3 is 2.59 bits per heavy atom. The zero-order valence-electron chi connectivity index (χ0n) is 16.7. The minimum absolute atomic E-state index is 0.238. The van der Waals surface area contributed by atoms with Crippen LogP contribution in [0.25, 0.3) is 10.2 Å². The number of nitrogens with zero attached hydrogens (tertiary/aromatic N) is 3. The summed E-state index contributed by atoms with van der Waals surface area (Å²) in [6, 6.07) is 12.2. The normalized spacial score (nSPS) is 14.6. The second-order valence-corrected chi connectivity index (χ2v) is 9.96. The molecule has 0 spiro atoms. The Balaban J connectivity index is 1.29.